The number of nitrogens with zero attached hydrogens (tertiary/aromatic N) is 1. The van der Waals surface area contributed by atoms with E-state index in [9.17, 15) is 14.3 Å². The molecule has 3 nitrogen and oxygen atoms in total. The lowest BCUT2D eigenvalue weighted by atomic mass is 9.93. The largest absolute Gasteiger partial charge is 0.396 e. The normalized spacial score (nSPS) is 18.6. The van der Waals surface area contributed by atoms with Crippen molar-refractivity contribution in [2.75, 3.05) is 6.61 Å². The molecule has 0 amide bonds. The Kier molecular flexibility index (Phi) is 2.26. The van der Waals surface area contributed by atoms with E-state index in [-0.39, 0.29) is 23.9 Å². The Morgan fingerprint density at radius 1 is 1.35 bits per heavy atom. The molecule has 88 valence electrons. The molecule has 4 heteroatoms. The van der Waals surface area contributed by atoms with E-state index in [2.05, 4.69) is 0 Å². The molecule has 0 fully saturated rings. The fourth-order valence-electron chi connectivity index (χ4n) is 2.55. The summed E-state index contributed by atoms with van der Waals surface area (Å²) in [5.74, 6) is -0.377. The molecule has 0 radical (unpaired) electrons. The molecule has 1 atom stereocenters. The zero-order valence-electron chi connectivity index (χ0n) is 9.19. The number of aromatic nitrogens is 1. The van der Waals surface area contributed by atoms with Crippen molar-refractivity contribution in [3.05, 3.63) is 46.0 Å². The summed E-state index contributed by atoms with van der Waals surface area (Å²) in [4.78, 5) is 11.8. The molecular weight excluding hydrogens is 221 g/mol. The van der Waals surface area contributed by atoms with E-state index < -0.39 is 0 Å². The van der Waals surface area contributed by atoms with Gasteiger partial charge in [-0.25, -0.2) is 4.39 Å². The Bertz CT molecular complexity index is 648. The van der Waals surface area contributed by atoms with Crippen molar-refractivity contribution in [3.8, 4) is 0 Å². The van der Waals surface area contributed by atoms with Gasteiger partial charge < -0.3 is 9.67 Å². The average molecular weight is 233 g/mol. The van der Waals surface area contributed by atoms with Gasteiger partial charge in [-0.3, -0.25) is 4.79 Å². The molecule has 0 spiro atoms. The Morgan fingerprint density at radius 2 is 2.12 bits per heavy atom. The molecule has 0 saturated heterocycles. The first-order valence-corrected chi connectivity index (χ1v) is 5.62. The fourth-order valence-corrected chi connectivity index (χ4v) is 2.55. The molecule has 1 aromatic carbocycles. The molecule has 17 heavy (non-hydrogen) atoms. The van der Waals surface area contributed by atoms with Gasteiger partial charge in [0.1, 0.15) is 5.82 Å². The van der Waals surface area contributed by atoms with E-state index in [1.165, 1.54) is 12.1 Å². The highest BCUT2D eigenvalue weighted by Crippen LogP contribution is 2.28. The third-order valence-corrected chi connectivity index (χ3v) is 3.39. The van der Waals surface area contributed by atoms with E-state index in [0.717, 1.165) is 5.39 Å². The summed E-state index contributed by atoms with van der Waals surface area (Å²) >= 11 is 0. The minimum atomic E-state index is -0.296. The van der Waals surface area contributed by atoms with Gasteiger partial charge in [-0.15, -0.1) is 0 Å². The summed E-state index contributed by atoms with van der Waals surface area (Å²) in [6.07, 6.45) is 0.489. The van der Waals surface area contributed by atoms with Crippen molar-refractivity contribution in [3.63, 3.8) is 0 Å². The summed E-state index contributed by atoms with van der Waals surface area (Å²) in [7, 11) is 0. The molecule has 1 aliphatic rings. The third-order valence-electron chi connectivity index (χ3n) is 3.39. The molecule has 0 aliphatic carbocycles. The first-order chi connectivity index (χ1) is 8.20. The van der Waals surface area contributed by atoms with Crippen LogP contribution in [0.2, 0.25) is 0 Å². The van der Waals surface area contributed by atoms with E-state index in [4.69, 9.17) is 0 Å². The van der Waals surface area contributed by atoms with Gasteiger partial charge in [0.15, 0.2) is 0 Å². The molecule has 3 rings (SSSR count). The zero-order chi connectivity index (χ0) is 12.0. The quantitative estimate of drug-likeness (QED) is 0.806. The Labute approximate surface area is 97.1 Å². The van der Waals surface area contributed by atoms with Crippen LogP contribution < -0.4 is 5.56 Å². The number of aliphatic hydroxyl groups is 1. The average Bonchev–Trinajstić information content (AvgIpc) is 2.36. The summed E-state index contributed by atoms with van der Waals surface area (Å²) < 4.78 is 15.3. The Hall–Kier alpha value is -1.68. The first-order valence-electron chi connectivity index (χ1n) is 5.62. The monoisotopic (exact) mass is 233 g/mol. The smallest absolute Gasteiger partial charge is 0.251 e. The van der Waals surface area contributed by atoms with E-state index in [0.29, 0.717) is 24.0 Å². The maximum absolute atomic E-state index is 13.8. The number of benzene rings is 1. The molecule has 1 aromatic heterocycles. The van der Waals surface area contributed by atoms with Crippen molar-refractivity contribution in [2.45, 2.75) is 13.0 Å². The molecule has 2 heterocycles. The van der Waals surface area contributed by atoms with Crippen LogP contribution in [0.4, 0.5) is 4.39 Å². The van der Waals surface area contributed by atoms with Crippen molar-refractivity contribution < 1.29 is 9.50 Å². The lowest BCUT2D eigenvalue weighted by Gasteiger charge is -2.25. The summed E-state index contributed by atoms with van der Waals surface area (Å²) in [5.41, 5.74) is 1.09. The second-order valence-electron chi connectivity index (χ2n) is 4.50. The van der Waals surface area contributed by atoms with Crippen LogP contribution in [0.25, 0.3) is 10.9 Å². The van der Waals surface area contributed by atoms with Crippen LogP contribution in [0, 0.1) is 11.7 Å². The molecule has 1 unspecified atom stereocenters. The van der Waals surface area contributed by atoms with Gasteiger partial charge in [0.2, 0.25) is 0 Å². The number of hydrogen-bond donors (Lipinski definition) is 1. The molecular formula is C13H12FNO2. The topological polar surface area (TPSA) is 42.2 Å². The van der Waals surface area contributed by atoms with Gasteiger partial charge in [-0.05, 0) is 30.0 Å². The van der Waals surface area contributed by atoms with Crippen molar-refractivity contribution in [1.82, 2.24) is 4.57 Å². The van der Waals surface area contributed by atoms with E-state index in [1.54, 1.807) is 16.7 Å². The highest BCUT2D eigenvalue weighted by molar-refractivity contribution is 5.83. The molecule has 0 saturated carbocycles. The van der Waals surface area contributed by atoms with Crippen molar-refractivity contribution in [1.29, 1.82) is 0 Å². The Balaban J connectivity index is 2.40. The van der Waals surface area contributed by atoms with Gasteiger partial charge in [0.05, 0.1) is 5.52 Å². The summed E-state index contributed by atoms with van der Waals surface area (Å²) in [6.45, 7) is 0.430. The number of aliphatic hydroxyl groups excluding tert-OH is 1. The van der Waals surface area contributed by atoms with Gasteiger partial charge in [-0.1, -0.05) is 0 Å². The first kappa shape index (κ1) is 10.5. The van der Waals surface area contributed by atoms with Crippen molar-refractivity contribution >= 4 is 10.9 Å². The number of rotatable bonds is 1. The third kappa shape index (κ3) is 1.48. The van der Waals surface area contributed by atoms with Crippen LogP contribution in [0.5, 0.6) is 0 Å². The predicted molar refractivity (Wildman–Crippen MR) is 62.4 cm³/mol. The van der Waals surface area contributed by atoms with Gasteiger partial charge in [0.25, 0.3) is 5.56 Å². The van der Waals surface area contributed by atoms with Crippen LogP contribution in [0.1, 0.15) is 5.56 Å². The number of pyridine rings is 1. The van der Waals surface area contributed by atoms with Crippen LogP contribution >= 0.6 is 0 Å². The summed E-state index contributed by atoms with van der Waals surface area (Å²) in [5, 5.41) is 10.1. The lowest BCUT2D eigenvalue weighted by Crippen LogP contribution is -2.31. The van der Waals surface area contributed by atoms with Crippen LogP contribution in [-0.4, -0.2) is 16.3 Å². The Morgan fingerprint density at radius 3 is 2.88 bits per heavy atom. The second-order valence-corrected chi connectivity index (χ2v) is 4.50. The maximum atomic E-state index is 13.8. The van der Waals surface area contributed by atoms with Gasteiger partial charge in [-0.2, -0.15) is 0 Å². The van der Waals surface area contributed by atoms with E-state index >= 15 is 0 Å². The molecule has 1 aliphatic heterocycles. The molecule has 1 N–H and O–H groups in total. The number of hydrogen-bond acceptors (Lipinski definition) is 2. The maximum Gasteiger partial charge on any atom is 0.251 e. The fraction of sp³-hybridized carbons (Fsp3) is 0.308. The zero-order valence-corrected chi connectivity index (χ0v) is 9.19. The standard InChI is InChI=1S/C13H12FNO2/c14-11-3-1-9-2-4-12(17)15-6-8(7-16)5-10(11)13(9)15/h1-4,8,16H,5-7H2. The van der Waals surface area contributed by atoms with Gasteiger partial charge in [0, 0.05) is 30.7 Å². The highest BCUT2D eigenvalue weighted by atomic mass is 19.1. The van der Waals surface area contributed by atoms with Crippen LogP contribution in [-0.2, 0) is 13.0 Å². The SMILES string of the molecule is O=c1ccc2ccc(F)c3c2n1CC(CO)C3. The minimum absolute atomic E-state index is 0.0311. The van der Waals surface area contributed by atoms with Crippen LogP contribution in [0.15, 0.2) is 29.1 Å². The molecule has 2 aromatic rings. The number of halogens is 1. The molecule has 0 bridgehead atoms. The second kappa shape index (κ2) is 3.67. The highest BCUT2D eigenvalue weighted by Gasteiger charge is 2.23. The van der Waals surface area contributed by atoms with Gasteiger partial charge >= 0.3 is 0 Å². The minimum Gasteiger partial charge on any atom is -0.396 e. The van der Waals surface area contributed by atoms with Crippen molar-refractivity contribution in [2.24, 2.45) is 5.92 Å². The lowest BCUT2D eigenvalue weighted by molar-refractivity contribution is 0.205. The predicted octanol–water partition coefficient (Wildman–Crippen LogP) is 1.31. The van der Waals surface area contributed by atoms with Crippen LogP contribution in [0.3, 0.4) is 0 Å². The summed E-state index contributed by atoms with van der Waals surface area (Å²) in [6, 6.07) is 6.32. The van der Waals surface area contributed by atoms with E-state index in [1.807, 2.05) is 0 Å².